The highest BCUT2D eigenvalue weighted by Crippen LogP contribution is 2.29. The van der Waals surface area contributed by atoms with Crippen LogP contribution in [0.1, 0.15) is 49.4 Å². The molecular weight excluding hydrogens is 409 g/mol. The van der Waals surface area contributed by atoms with Gasteiger partial charge in [0, 0.05) is 12.7 Å². The first-order valence-corrected chi connectivity index (χ1v) is 9.82. The molecule has 158 valence electrons. The summed E-state index contributed by atoms with van der Waals surface area (Å²) in [5, 5.41) is 7.03. The van der Waals surface area contributed by atoms with Gasteiger partial charge in [0.2, 0.25) is 10.0 Å². The fourth-order valence-electron chi connectivity index (χ4n) is 2.87. The van der Waals surface area contributed by atoms with Crippen molar-refractivity contribution in [2.75, 3.05) is 6.54 Å². The van der Waals surface area contributed by atoms with E-state index in [4.69, 9.17) is 0 Å². The van der Waals surface area contributed by atoms with Crippen LogP contribution in [0.3, 0.4) is 0 Å². The molecule has 0 saturated heterocycles. The van der Waals surface area contributed by atoms with Gasteiger partial charge in [0.1, 0.15) is 4.90 Å². The number of halogens is 5. The van der Waals surface area contributed by atoms with Crippen LogP contribution in [-0.2, 0) is 16.2 Å². The summed E-state index contributed by atoms with van der Waals surface area (Å²) in [5.41, 5.74) is -1.30. The zero-order valence-electron chi connectivity index (χ0n) is 15.3. The van der Waals surface area contributed by atoms with Crippen LogP contribution >= 0.6 is 0 Å². The van der Waals surface area contributed by atoms with Gasteiger partial charge in [-0.3, -0.25) is 4.68 Å². The Kier molecular flexibility index (Phi) is 6.48. The van der Waals surface area contributed by atoms with E-state index in [1.165, 1.54) is 20.0 Å². The standard InChI is InChI=1S/C15H20F5N5O2S/c1-4-11(24-8-6-12(23-24)15(18,19)20)5-7-21-28(26,27)13-9(2)22-25(10(13)3)14(16)17/h6,8,11,14,21H,4-5,7H2,1-3H3. The highest BCUT2D eigenvalue weighted by Gasteiger charge is 2.34. The molecular formula is C15H20F5N5O2S. The van der Waals surface area contributed by atoms with E-state index in [2.05, 4.69) is 14.9 Å². The molecule has 2 rings (SSSR count). The van der Waals surface area contributed by atoms with Crippen molar-refractivity contribution in [1.82, 2.24) is 24.3 Å². The molecule has 2 aromatic rings. The van der Waals surface area contributed by atoms with E-state index in [-0.39, 0.29) is 29.2 Å². The maximum Gasteiger partial charge on any atom is 0.435 e. The van der Waals surface area contributed by atoms with Gasteiger partial charge in [-0.25, -0.2) is 17.8 Å². The first-order chi connectivity index (χ1) is 12.9. The maximum absolute atomic E-state index is 12.9. The molecule has 7 nitrogen and oxygen atoms in total. The quantitative estimate of drug-likeness (QED) is 0.652. The Balaban J connectivity index is 2.10. The van der Waals surface area contributed by atoms with Crippen molar-refractivity contribution in [2.45, 2.75) is 57.3 Å². The molecule has 0 aromatic carbocycles. The summed E-state index contributed by atoms with van der Waals surface area (Å²) in [6, 6.07) is 0.378. The van der Waals surface area contributed by atoms with Crippen LogP contribution in [0.4, 0.5) is 22.0 Å². The first-order valence-electron chi connectivity index (χ1n) is 8.34. The fourth-order valence-corrected chi connectivity index (χ4v) is 4.32. The summed E-state index contributed by atoms with van der Waals surface area (Å²) in [4.78, 5) is -0.334. The summed E-state index contributed by atoms with van der Waals surface area (Å²) >= 11 is 0. The minimum atomic E-state index is -4.56. The molecule has 0 bridgehead atoms. The molecule has 0 amide bonds. The van der Waals surface area contributed by atoms with Gasteiger partial charge < -0.3 is 0 Å². The predicted molar refractivity (Wildman–Crippen MR) is 89.3 cm³/mol. The molecule has 1 unspecified atom stereocenters. The Morgan fingerprint density at radius 2 is 1.86 bits per heavy atom. The second kappa shape index (κ2) is 8.15. The zero-order chi connectivity index (χ0) is 21.3. The lowest BCUT2D eigenvalue weighted by atomic mass is 10.1. The van der Waals surface area contributed by atoms with E-state index in [1.54, 1.807) is 6.92 Å². The lowest BCUT2D eigenvalue weighted by Crippen LogP contribution is -2.28. The van der Waals surface area contributed by atoms with E-state index >= 15 is 0 Å². The van der Waals surface area contributed by atoms with Gasteiger partial charge in [-0.2, -0.15) is 32.1 Å². The first kappa shape index (κ1) is 22.3. The van der Waals surface area contributed by atoms with E-state index in [9.17, 15) is 30.4 Å². The smallest absolute Gasteiger partial charge is 0.269 e. The van der Waals surface area contributed by atoms with Crippen LogP contribution in [0.2, 0.25) is 0 Å². The Labute approximate surface area is 158 Å². The van der Waals surface area contributed by atoms with Crippen molar-refractivity contribution < 1.29 is 30.4 Å². The van der Waals surface area contributed by atoms with Crippen molar-refractivity contribution in [2.24, 2.45) is 0 Å². The monoisotopic (exact) mass is 429 g/mol. The predicted octanol–water partition coefficient (Wildman–Crippen LogP) is 3.43. The highest BCUT2D eigenvalue weighted by molar-refractivity contribution is 7.89. The molecule has 0 saturated carbocycles. The van der Waals surface area contributed by atoms with Gasteiger partial charge in [-0.05, 0) is 32.8 Å². The number of nitrogens with one attached hydrogen (secondary N) is 1. The number of hydrogen-bond donors (Lipinski definition) is 1. The second-order valence-electron chi connectivity index (χ2n) is 6.15. The Hall–Kier alpha value is -2.02. The van der Waals surface area contributed by atoms with Gasteiger partial charge in [0.25, 0.3) is 0 Å². The number of nitrogens with zero attached hydrogens (tertiary/aromatic N) is 4. The molecule has 13 heteroatoms. The molecule has 1 atom stereocenters. The molecule has 2 aromatic heterocycles. The lowest BCUT2D eigenvalue weighted by molar-refractivity contribution is -0.141. The third-order valence-corrected chi connectivity index (χ3v) is 5.94. The number of rotatable bonds is 8. The van der Waals surface area contributed by atoms with E-state index < -0.39 is 34.5 Å². The second-order valence-corrected chi connectivity index (χ2v) is 7.85. The minimum absolute atomic E-state index is 0.0702. The topological polar surface area (TPSA) is 81.8 Å². The third-order valence-electron chi connectivity index (χ3n) is 4.23. The average Bonchev–Trinajstić information content (AvgIpc) is 3.16. The normalized spacial score (nSPS) is 14.0. The number of sulfonamides is 1. The van der Waals surface area contributed by atoms with Crippen LogP contribution in [-0.4, -0.2) is 34.5 Å². The Bertz CT molecular complexity index is 920. The van der Waals surface area contributed by atoms with Crippen molar-refractivity contribution in [3.63, 3.8) is 0 Å². The molecule has 0 aliphatic carbocycles. The number of aromatic nitrogens is 4. The summed E-state index contributed by atoms with van der Waals surface area (Å²) in [6.07, 6.45) is -2.80. The summed E-state index contributed by atoms with van der Waals surface area (Å²) in [5.74, 6) is 0. The van der Waals surface area contributed by atoms with Crippen LogP contribution in [0.5, 0.6) is 0 Å². The third kappa shape index (κ3) is 4.69. The summed E-state index contributed by atoms with van der Waals surface area (Å²) < 4.78 is 92.5. The van der Waals surface area contributed by atoms with Crippen molar-refractivity contribution in [3.8, 4) is 0 Å². The van der Waals surface area contributed by atoms with Gasteiger partial charge in [-0.1, -0.05) is 6.92 Å². The van der Waals surface area contributed by atoms with Crippen LogP contribution in [0, 0.1) is 13.8 Å². The molecule has 0 radical (unpaired) electrons. The van der Waals surface area contributed by atoms with E-state index in [0.29, 0.717) is 11.1 Å². The molecule has 1 N–H and O–H groups in total. The van der Waals surface area contributed by atoms with Crippen LogP contribution in [0.15, 0.2) is 17.2 Å². The maximum atomic E-state index is 12.9. The van der Waals surface area contributed by atoms with Crippen molar-refractivity contribution >= 4 is 10.0 Å². The molecule has 0 spiro atoms. The molecule has 28 heavy (non-hydrogen) atoms. The zero-order valence-corrected chi connectivity index (χ0v) is 16.2. The van der Waals surface area contributed by atoms with Gasteiger partial charge >= 0.3 is 12.7 Å². The largest absolute Gasteiger partial charge is 0.435 e. The lowest BCUT2D eigenvalue weighted by Gasteiger charge is -2.16. The van der Waals surface area contributed by atoms with E-state index in [1.807, 2.05) is 0 Å². The van der Waals surface area contributed by atoms with Gasteiger partial charge in [0.15, 0.2) is 5.69 Å². The minimum Gasteiger partial charge on any atom is -0.269 e. The fraction of sp³-hybridized carbons (Fsp3) is 0.600. The molecule has 0 aliphatic rings. The van der Waals surface area contributed by atoms with Crippen molar-refractivity contribution in [3.05, 3.63) is 29.3 Å². The van der Waals surface area contributed by atoms with Gasteiger partial charge in [0.05, 0.1) is 17.4 Å². The average molecular weight is 429 g/mol. The SMILES string of the molecule is CCC(CCNS(=O)(=O)c1c(C)nn(C(F)F)c1C)n1ccc(C(F)(F)F)n1. The molecule has 2 heterocycles. The Morgan fingerprint density at radius 3 is 2.32 bits per heavy atom. The Morgan fingerprint density at radius 1 is 1.21 bits per heavy atom. The highest BCUT2D eigenvalue weighted by atomic mass is 32.2. The van der Waals surface area contributed by atoms with Gasteiger partial charge in [-0.15, -0.1) is 0 Å². The van der Waals surface area contributed by atoms with E-state index in [0.717, 1.165) is 10.7 Å². The number of hydrogen-bond acceptors (Lipinski definition) is 4. The van der Waals surface area contributed by atoms with Crippen LogP contribution in [0.25, 0.3) is 0 Å². The summed E-state index contributed by atoms with van der Waals surface area (Å²) in [7, 11) is -4.11. The molecule has 0 aliphatic heterocycles. The summed E-state index contributed by atoms with van der Waals surface area (Å²) in [6.45, 7) is 1.17. The van der Waals surface area contributed by atoms with Crippen LogP contribution < -0.4 is 4.72 Å². The number of alkyl halides is 5. The van der Waals surface area contributed by atoms with Crippen molar-refractivity contribution in [1.29, 1.82) is 0 Å². The number of aryl methyl sites for hydroxylation is 1. The molecule has 0 fully saturated rings.